The number of halogens is 1. The second-order valence-corrected chi connectivity index (χ2v) is 9.70. The van der Waals surface area contributed by atoms with Crippen LogP contribution in [0.15, 0.2) is 22.7 Å². The molecule has 1 aromatic carbocycles. The van der Waals surface area contributed by atoms with Crippen molar-refractivity contribution in [3.8, 4) is 0 Å². The molecule has 3 nitrogen and oxygen atoms in total. The number of esters is 1. The van der Waals surface area contributed by atoms with Crippen LogP contribution in [-0.2, 0) is 9.53 Å². The summed E-state index contributed by atoms with van der Waals surface area (Å²) in [5.41, 5.74) is 0.692. The highest BCUT2D eigenvalue weighted by molar-refractivity contribution is 9.10. The van der Waals surface area contributed by atoms with Crippen LogP contribution in [0.1, 0.15) is 44.5 Å². The molecule has 1 heterocycles. The Balaban J connectivity index is 1.44. The monoisotopic (exact) mass is 393 g/mol. The van der Waals surface area contributed by atoms with Crippen LogP contribution in [0.5, 0.6) is 0 Å². The molecule has 1 unspecified atom stereocenters. The van der Waals surface area contributed by atoms with E-state index in [1.54, 1.807) is 11.3 Å². The fraction of sp³-hybridized carbons (Fsp3) is 0.556. The maximum absolute atomic E-state index is 12.2. The molecule has 0 bridgehead atoms. The lowest BCUT2D eigenvalue weighted by Crippen LogP contribution is -2.28. The maximum atomic E-state index is 12.2. The van der Waals surface area contributed by atoms with E-state index >= 15 is 0 Å². The van der Waals surface area contributed by atoms with Gasteiger partial charge in [-0.1, -0.05) is 15.9 Å². The lowest BCUT2D eigenvalue weighted by atomic mass is 10.00. The van der Waals surface area contributed by atoms with Crippen LogP contribution in [0.3, 0.4) is 0 Å². The number of carbonyl (C=O) groups excluding carboxylic acids is 1. The molecule has 4 rings (SSSR count). The fourth-order valence-corrected chi connectivity index (χ4v) is 5.40. The zero-order chi connectivity index (χ0) is 16.4. The summed E-state index contributed by atoms with van der Waals surface area (Å²) < 4.78 is 7.85. The number of ether oxygens (including phenoxy) is 1. The number of carbonyl (C=O) groups is 1. The summed E-state index contributed by atoms with van der Waals surface area (Å²) in [4.78, 5) is 17.0. The summed E-state index contributed by atoms with van der Waals surface area (Å²) in [5, 5.41) is 1.25. The third kappa shape index (κ3) is 2.93. The van der Waals surface area contributed by atoms with Crippen molar-refractivity contribution < 1.29 is 9.53 Å². The average Bonchev–Trinajstić information content (AvgIpc) is 2.84. The van der Waals surface area contributed by atoms with Gasteiger partial charge >= 0.3 is 5.97 Å². The van der Waals surface area contributed by atoms with Crippen molar-refractivity contribution in [2.75, 3.05) is 0 Å². The van der Waals surface area contributed by atoms with Gasteiger partial charge in [-0.2, -0.15) is 0 Å². The van der Waals surface area contributed by atoms with Crippen molar-refractivity contribution in [1.82, 2.24) is 4.98 Å². The molecule has 0 amide bonds. The number of rotatable bonds is 2. The summed E-state index contributed by atoms with van der Waals surface area (Å²) in [6.07, 6.45) is 1.92. The molecule has 0 radical (unpaired) electrons. The molecule has 5 heteroatoms. The summed E-state index contributed by atoms with van der Waals surface area (Å²) in [5.74, 6) is 1.87. The van der Waals surface area contributed by atoms with E-state index in [0.717, 1.165) is 22.8 Å². The van der Waals surface area contributed by atoms with Gasteiger partial charge in [0.2, 0.25) is 0 Å². The Labute approximate surface area is 148 Å². The Kier molecular flexibility index (Phi) is 3.58. The van der Waals surface area contributed by atoms with Crippen molar-refractivity contribution in [2.24, 2.45) is 17.8 Å². The van der Waals surface area contributed by atoms with Crippen molar-refractivity contribution in [2.45, 2.75) is 45.1 Å². The Morgan fingerprint density at radius 1 is 1.30 bits per heavy atom. The molecule has 0 N–H and O–H groups in total. The predicted octanol–water partition coefficient (Wildman–Crippen LogP) is 5.14. The first kappa shape index (κ1) is 15.6. The van der Waals surface area contributed by atoms with Crippen molar-refractivity contribution in [1.29, 1.82) is 0 Å². The minimum absolute atomic E-state index is 0.0170. The SMILES string of the molecule is CC(C)(C)OC(=O)C1C[C@@H]2[C@H](C1)[C@@H]2c1nc2cc(Br)ccc2s1. The first-order chi connectivity index (χ1) is 10.8. The van der Waals surface area contributed by atoms with E-state index in [1.165, 1.54) is 9.71 Å². The number of fused-ring (bicyclic) bond motifs is 2. The predicted molar refractivity (Wildman–Crippen MR) is 95.6 cm³/mol. The van der Waals surface area contributed by atoms with Crippen LogP contribution < -0.4 is 0 Å². The van der Waals surface area contributed by atoms with Gasteiger partial charge in [0, 0.05) is 10.4 Å². The van der Waals surface area contributed by atoms with Crippen LogP contribution in [0.25, 0.3) is 10.2 Å². The zero-order valence-electron chi connectivity index (χ0n) is 13.5. The molecule has 2 aromatic rings. The molecule has 1 aromatic heterocycles. The highest BCUT2D eigenvalue weighted by Crippen LogP contribution is 2.65. The molecule has 0 aliphatic heterocycles. The number of thiazole rings is 1. The molecule has 2 saturated carbocycles. The summed E-state index contributed by atoms with van der Waals surface area (Å²) >= 11 is 5.31. The molecule has 2 aliphatic carbocycles. The van der Waals surface area contributed by atoms with Gasteiger partial charge in [0.05, 0.1) is 21.1 Å². The number of nitrogens with zero attached hydrogens (tertiary/aromatic N) is 1. The van der Waals surface area contributed by atoms with Crippen LogP contribution in [0.4, 0.5) is 0 Å². The van der Waals surface area contributed by atoms with Gasteiger partial charge in [-0.05, 0) is 63.6 Å². The third-order valence-corrected chi connectivity index (χ3v) is 6.47. The lowest BCUT2D eigenvalue weighted by Gasteiger charge is -2.22. The number of hydrogen-bond donors (Lipinski definition) is 0. The molecule has 2 fully saturated rings. The van der Waals surface area contributed by atoms with Crippen LogP contribution in [0, 0.1) is 17.8 Å². The highest BCUT2D eigenvalue weighted by atomic mass is 79.9. The van der Waals surface area contributed by atoms with E-state index in [0.29, 0.717) is 17.8 Å². The van der Waals surface area contributed by atoms with Gasteiger partial charge in [-0.25, -0.2) is 4.98 Å². The Morgan fingerprint density at radius 3 is 2.65 bits per heavy atom. The Bertz CT molecular complexity index is 767. The van der Waals surface area contributed by atoms with E-state index in [9.17, 15) is 4.79 Å². The molecule has 23 heavy (non-hydrogen) atoms. The van der Waals surface area contributed by atoms with E-state index in [2.05, 4.69) is 34.1 Å². The smallest absolute Gasteiger partial charge is 0.309 e. The second-order valence-electron chi connectivity index (χ2n) is 7.72. The van der Waals surface area contributed by atoms with Gasteiger partial charge in [-0.15, -0.1) is 11.3 Å². The molecule has 0 spiro atoms. The summed E-state index contributed by atoms with van der Waals surface area (Å²) in [7, 11) is 0. The number of aromatic nitrogens is 1. The second kappa shape index (κ2) is 5.28. The first-order valence-corrected chi connectivity index (χ1v) is 9.71. The Hall–Kier alpha value is -0.940. The Morgan fingerprint density at radius 2 is 2.00 bits per heavy atom. The molecular weight excluding hydrogens is 374 g/mol. The normalized spacial score (nSPS) is 29.6. The molecule has 4 atom stereocenters. The van der Waals surface area contributed by atoms with E-state index in [1.807, 2.05) is 20.8 Å². The van der Waals surface area contributed by atoms with Gasteiger partial charge in [0.1, 0.15) is 5.60 Å². The minimum Gasteiger partial charge on any atom is -0.460 e. The third-order valence-electron chi connectivity index (χ3n) is 4.84. The quantitative estimate of drug-likeness (QED) is 0.662. The molecule has 2 aliphatic rings. The standard InChI is InChI=1S/C18H20BrNO2S/c1-18(2,3)22-17(21)9-6-11-12(7-9)15(11)16-20-13-8-10(19)4-5-14(13)23-16/h4-5,8-9,11-12,15H,6-7H2,1-3H3/t9?,11-,12+,15-. The summed E-state index contributed by atoms with van der Waals surface area (Å²) in [6.45, 7) is 5.80. The summed E-state index contributed by atoms with van der Waals surface area (Å²) in [6, 6.07) is 6.27. The van der Waals surface area contributed by atoms with Crippen molar-refractivity contribution >= 4 is 43.5 Å². The fourth-order valence-electron chi connectivity index (χ4n) is 3.85. The molecule has 122 valence electrons. The van der Waals surface area contributed by atoms with Crippen molar-refractivity contribution in [3.63, 3.8) is 0 Å². The van der Waals surface area contributed by atoms with Gasteiger partial charge in [0.15, 0.2) is 0 Å². The van der Waals surface area contributed by atoms with E-state index < -0.39 is 0 Å². The zero-order valence-corrected chi connectivity index (χ0v) is 15.9. The average molecular weight is 394 g/mol. The van der Waals surface area contributed by atoms with Crippen LogP contribution >= 0.6 is 27.3 Å². The van der Waals surface area contributed by atoms with E-state index in [-0.39, 0.29) is 17.5 Å². The topological polar surface area (TPSA) is 39.2 Å². The van der Waals surface area contributed by atoms with Gasteiger partial charge < -0.3 is 4.74 Å². The van der Waals surface area contributed by atoms with Crippen LogP contribution in [0.2, 0.25) is 0 Å². The number of hydrogen-bond acceptors (Lipinski definition) is 4. The van der Waals surface area contributed by atoms with Gasteiger partial charge in [0.25, 0.3) is 0 Å². The van der Waals surface area contributed by atoms with Crippen LogP contribution in [-0.4, -0.2) is 16.6 Å². The molecular formula is C18H20BrNO2S. The van der Waals surface area contributed by atoms with E-state index in [4.69, 9.17) is 9.72 Å². The van der Waals surface area contributed by atoms with Crippen molar-refractivity contribution in [3.05, 3.63) is 27.7 Å². The lowest BCUT2D eigenvalue weighted by molar-refractivity contribution is -0.160. The minimum atomic E-state index is -0.385. The number of benzene rings is 1. The maximum Gasteiger partial charge on any atom is 0.309 e. The largest absolute Gasteiger partial charge is 0.460 e. The molecule has 0 saturated heterocycles. The highest BCUT2D eigenvalue weighted by Gasteiger charge is 2.59. The first-order valence-electron chi connectivity index (χ1n) is 8.11. The van der Waals surface area contributed by atoms with Gasteiger partial charge in [-0.3, -0.25) is 4.79 Å².